The van der Waals surface area contributed by atoms with Crippen LogP contribution in [0.15, 0.2) is 59.5 Å². The molecule has 0 spiro atoms. The van der Waals surface area contributed by atoms with Gasteiger partial charge in [-0.05, 0) is 30.3 Å². The quantitative estimate of drug-likeness (QED) is 0.499. The number of anilines is 1. The van der Waals surface area contributed by atoms with Gasteiger partial charge in [0.05, 0.1) is 12.0 Å². The van der Waals surface area contributed by atoms with Gasteiger partial charge in [0.2, 0.25) is 11.0 Å². The summed E-state index contributed by atoms with van der Waals surface area (Å²) in [5.41, 5.74) is 0.476. The highest BCUT2D eigenvalue weighted by Gasteiger charge is 2.20. The molecule has 0 radical (unpaired) electrons. The van der Waals surface area contributed by atoms with Crippen molar-refractivity contribution in [3.63, 3.8) is 0 Å². The molecule has 162 valence electrons. The molecule has 2 aromatic carbocycles. The fourth-order valence-electron chi connectivity index (χ4n) is 2.59. The van der Waals surface area contributed by atoms with E-state index in [0.29, 0.717) is 29.3 Å². The van der Waals surface area contributed by atoms with Crippen molar-refractivity contribution < 1.29 is 22.7 Å². The average Bonchev–Trinajstić information content (AvgIpc) is 3.20. The molecule has 0 fully saturated rings. The van der Waals surface area contributed by atoms with E-state index < -0.39 is 21.5 Å². The first-order chi connectivity index (χ1) is 14.9. The van der Waals surface area contributed by atoms with E-state index in [-0.39, 0.29) is 15.9 Å². The predicted molar refractivity (Wildman–Crippen MR) is 116 cm³/mol. The van der Waals surface area contributed by atoms with Crippen LogP contribution in [0.5, 0.6) is 5.75 Å². The van der Waals surface area contributed by atoms with E-state index >= 15 is 0 Å². The standard InChI is InChI=1S/C20H20N4O5S2/c1-29-15-7-5-6-14(12-15)19(26)21-11-10-18-23-24-20(30-18)22-17(25)13-31(27,28)16-8-3-2-4-9-16/h2-9,12H,10-11,13H2,1H3,(H,21,26)(H,22,24,25). The maximum Gasteiger partial charge on any atom is 0.251 e. The van der Waals surface area contributed by atoms with E-state index in [1.165, 1.54) is 19.2 Å². The zero-order chi connectivity index (χ0) is 22.3. The van der Waals surface area contributed by atoms with Gasteiger partial charge in [0.1, 0.15) is 16.5 Å². The first-order valence-electron chi connectivity index (χ1n) is 9.19. The number of sulfone groups is 1. The van der Waals surface area contributed by atoms with E-state index in [4.69, 9.17) is 4.74 Å². The van der Waals surface area contributed by atoms with Crippen LogP contribution in [0.3, 0.4) is 0 Å². The molecule has 0 aliphatic rings. The van der Waals surface area contributed by atoms with Gasteiger partial charge < -0.3 is 10.1 Å². The number of carbonyl (C=O) groups excluding carboxylic acids is 2. The summed E-state index contributed by atoms with van der Waals surface area (Å²) in [5.74, 6) is -1.05. The minimum absolute atomic E-state index is 0.0786. The Kier molecular flexibility index (Phi) is 7.32. The second-order valence-corrected chi connectivity index (χ2v) is 9.41. The third-order valence-corrected chi connectivity index (χ3v) is 6.62. The highest BCUT2D eigenvalue weighted by atomic mass is 32.2. The molecule has 2 amide bonds. The molecule has 0 unspecified atom stereocenters. The van der Waals surface area contributed by atoms with Gasteiger partial charge in [-0.1, -0.05) is 35.6 Å². The normalized spacial score (nSPS) is 11.0. The van der Waals surface area contributed by atoms with Gasteiger partial charge >= 0.3 is 0 Å². The van der Waals surface area contributed by atoms with E-state index in [2.05, 4.69) is 20.8 Å². The predicted octanol–water partition coefficient (Wildman–Crippen LogP) is 1.93. The van der Waals surface area contributed by atoms with E-state index in [1.807, 2.05) is 0 Å². The molecule has 0 saturated heterocycles. The van der Waals surface area contributed by atoms with Crippen molar-refractivity contribution in [3.05, 3.63) is 65.2 Å². The van der Waals surface area contributed by atoms with E-state index in [0.717, 1.165) is 11.3 Å². The van der Waals surface area contributed by atoms with Crippen LogP contribution >= 0.6 is 11.3 Å². The van der Waals surface area contributed by atoms with Crippen LogP contribution in [0.25, 0.3) is 0 Å². The second-order valence-electron chi connectivity index (χ2n) is 6.36. The molecule has 0 aliphatic heterocycles. The molecule has 0 aliphatic carbocycles. The van der Waals surface area contributed by atoms with Gasteiger partial charge in [-0.2, -0.15) is 0 Å². The molecule has 2 N–H and O–H groups in total. The van der Waals surface area contributed by atoms with Crippen LogP contribution in [0.2, 0.25) is 0 Å². The summed E-state index contributed by atoms with van der Waals surface area (Å²) in [6.45, 7) is 0.320. The van der Waals surface area contributed by atoms with Gasteiger partial charge in [0.15, 0.2) is 9.84 Å². The van der Waals surface area contributed by atoms with Crippen LogP contribution < -0.4 is 15.4 Å². The van der Waals surface area contributed by atoms with Crippen LogP contribution in [-0.4, -0.2) is 49.8 Å². The number of ether oxygens (including phenoxy) is 1. The maximum absolute atomic E-state index is 12.3. The zero-order valence-electron chi connectivity index (χ0n) is 16.6. The Balaban J connectivity index is 1.49. The molecule has 3 aromatic rings. The SMILES string of the molecule is COc1cccc(C(=O)NCCc2nnc(NC(=O)CS(=O)(=O)c3ccccc3)s2)c1. The summed E-state index contributed by atoms with van der Waals surface area (Å²) in [6.07, 6.45) is 0.408. The number of benzene rings is 2. The van der Waals surface area contributed by atoms with Gasteiger partial charge in [-0.15, -0.1) is 10.2 Å². The molecule has 1 aromatic heterocycles. The van der Waals surface area contributed by atoms with E-state index in [9.17, 15) is 18.0 Å². The number of hydrogen-bond acceptors (Lipinski definition) is 8. The minimum Gasteiger partial charge on any atom is -0.497 e. The van der Waals surface area contributed by atoms with Crippen LogP contribution in [0.1, 0.15) is 15.4 Å². The number of hydrogen-bond donors (Lipinski definition) is 2. The lowest BCUT2D eigenvalue weighted by Gasteiger charge is -2.05. The summed E-state index contributed by atoms with van der Waals surface area (Å²) in [7, 11) is -2.21. The van der Waals surface area contributed by atoms with Gasteiger partial charge in [-0.25, -0.2) is 8.42 Å². The van der Waals surface area contributed by atoms with Crippen LogP contribution in [-0.2, 0) is 21.1 Å². The number of amides is 2. The van der Waals surface area contributed by atoms with Crippen LogP contribution in [0.4, 0.5) is 5.13 Å². The van der Waals surface area contributed by atoms with Crippen molar-refractivity contribution in [2.75, 3.05) is 24.7 Å². The van der Waals surface area contributed by atoms with Gasteiger partial charge in [0, 0.05) is 18.5 Å². The Bertz CT molecular complexity index is 1160. The van der Waals surface area contributed by atoms with Crippen molar-refractivity contribution >= 4 is 38.1 Å². The first kappa shape index (κ1) is 22.4. The zero-order valence-corrected chi connectivity index (χ0v) is 18.2. The Morgan fingerprint density at radius 1 is 1.06 bits per heavy atom. The summed E-state index contributed by atoms with van der Waals surface area (Å²) in [5, 5.41) is 13.8. The lowest BCUT2D eigenvalue weighted by molar-refractivity contribution is -0.113. The molecule has 11 heteroatoms. The molecule has 3 rings (SSSR count). The second kappa shape index (κ2) is 10.1. The van der Waals surface area contributed by atoms with Gasteiger partial charge in [-0.3, -0.25) is 14.9 Å². The fourth-order valence-corrected chi connectivity index (χ4v) is 4.50. The number of carbonyl (C=O) groups is 2. The third-order valence-electron chi connectivity index (χ3n) is 4.09. The van der Waals surface area contributed by atoms with Crippen molar-refractivity contribution in [3.8, 4) is 5.75 Å². The summed E-state index contributed by atoms with van der Waals surface area (Å²) in [6, 6.07) is 14.5. The van der Waals surface area contributed by atoms with Crippen molar-refractivity contribution in [1.82, 2.24) is 15.5 Å². The molecule has 0 bridgehead atoms. The highest BCUT2D eigenvalue weighted by Crippen LogP contribution is 2.17. The lowest BCUT2D eigenvalue weighted by atomic mass is 10.2. The first-order valence-corrected chi connectivity index (χ1v) is 11.7. The Morgan fingerprint density at radius 3 is 2.58 bits per heavy atom. The van der Waals surface area contributed by atoms with Gasteiger partial charge in [0.25, 0.3) is 5.91 Å². The Hall–Kier alpha value is -3.31. The summed E-state index contributed by atoms with van der Waals surface area (Å²) >= 11 is 1.12. The summed E-state index contributed by atoms with van der Waals surface area (Å²) < 4.78 is 29.6. The minimum atomic E-state index is -3.74. The largest absolute Gasteiger partial charge is 0.497 e. The number of methoxy groups -OCH3 is 1. The Labute approximate surface area is 183 Å². The van der Waals surface area contributed by atoms with Crippen molar-refractivity contribution in [2.45, 2.75) is 11.3 Å². The lowest BCUT2D eigenvalue weighted by Crippen LogP contribution is -2.25. The smallest absolute Gasteiger partial charge is 0.251 e. The van der Waals surface area contributed by atoms with Crippen LogP contribution in [0, 0.1) is 0 Å². The number of nitrogens with one attached hydrogen (secondary N) is 2. The molecule has 9 nitrogen and oxygen atoms in total. The summed E-state index contributed by atoms with van der Waals surface area (Å²) in [4.78, 5) is 24.4. The highest BCUT2D eigenvalue weighted by molar-refractivity contribution is 7.92. The maximum atomic E-state index is 12.3. The molecular weight excluding hydrogens is 440 g/mol. The fraction of sp³-hybridized carbons (Fsp3) is 0.200. The number of aromatic nitrogens is 2. The average molecular weight is 461 g/mol. The number of rotatable bonds is 9. The molecule has 1 heterocycles. The molecule has 0 saturated carbocycles. The molecular formula is C20H20N4O5S2. The topological polar surface area (TPSA) is 127 Å². The van der Waals surface area contributed by atoms with Crippen molar-refractivity contribution in [1.29, 1.82) is 0 Å². The monoisotopic (exact) mass is 460 g/mol. The van der Waals surface area contributed by atoms with E-state index in [1.54, 1.807) is 42.5 Å². The third kappa shape index (κ3) is 6.33. The Morgan fingerprint density at radius 2 is 1.84 bits per heavy atom. The molecule has 31 heavy (non-hydrogen) atoms. The number of nitrogens with zero attached hydrogens (tertiary/aromatic N) is 2. The van der Waals surface area contributed by atoms with Crippen molar-refractivity contribution in [2.24, 2.45) is 0 Å². The molecule has 0 atom stereocenters.